The van der Waals surface area contributed by atoms with Gasteiger partial charge in [-0.05, 0) is 48.9 Å². The minimum absolute atomic E-state index is 0.187. The Kier molecular flexibility index (Phi) is 7.24. The second-order valence-electron chi connectivity index (χ2n) is 5.88. The van der Waals surface area contributed by atoms with Crippen LogP contribution in [0.4, 0.5) is 5.69 Å². The van der Waals surface area contributed by atoms with Crippen LogP contribution in [0, 0.1) is 6.92 Å². The lowest BCUT2D eigenvalue weighted by molar-refractivity contribution is -0.118. The van der Waals surface area contributed by atoms with E-state index in [1.54, 1.807) is 38.1 Å². The van der Waals surface area contributed by atoms with E-state index in [0.717, 1.165) is 5.56 Å². The summed E-state index contributed by atoms with van der Waals surface area (Å²) in [5, 5.41) is 3.10. The Hall–Kier alpha value is -2.09. The number of halogens is 1. The quantitative estimate of drug-likeness (QED) is 0.720. The third-order valence-electron chi connectivity index (χ3n) is 3.93. The Labute approximate surface area is 165 Å². The fourth-order valence-corrected chi connectivity index (χ4v) is 4.11. The summed E-state index contributed by atoms with van der Waals surface area (Å²) in [5.41, 5.74) is 1.46. The van der Waals surface area contributed by atoms with Gasteiger partial charge in [-0.3, -0.25) is 4.79 Å². The smallest absolute Gasteiger partial charge is 0.262 e. The highest BCUT2D eigenvalue weighted by Gasteiger charge is 2.21. The van der Waals surface area contributed by atoms with Crippen molar-refractivity contribution >= 4 is 33.2 Å². The number of benzene rings is 2. The van der Waals surface area contributed by atoms with E-state index < -0.39 is 10.0 Å². The predicted octanol–water partition coefficient (Wildman–Crippen LogP) is 3.70. The Morgan fingerprint density at radius 1 is 1.11 bits per heavy atom. The van der Waals surface area contributed by atoms with Crippen molar-refractivity contribution in [1.29, 1.82) is 0 Å². The lowest BCUT2D eigenvalue weighted by atomic mass is 10.2. The maximum Gasteiger partial charge on any atom is 0.262 e. The number of hydrogen-bond acceptors (Lipinski definition) is 4. The number of hydrogen-bond donors (Lipinski definition) is 1. The standard InChI is InChI=1S/C19H23ClN2O4S/c1-4-22(5-2)27(24,25)16-9-7-15(8-10-16)21-19(23)13-26-18-12-14(3)6-11-17(18)20/h6-12H,4-5,13H2,1-3H3,(H,21,23). The second kappa shape index (κ2) is 9.21. The molecule has 0 atom stereocenters. The van der Waals surface area contributed by atoms with Crippen molar-refractivity contribution in [2.24, 2.45) is 0 Å². The molecule has 6 nitrogen and oxygen atoms in total. The molecule has 0 aliphatic carbocycles. The first kappa shape index (κ1) is 21.2. The zero-order valence-corrected chi connectivity index (χ0v) is 17.1. The summed E-state index contributed by atoms with van der Waals surface area (Å²) in [6, 6.07) is 11.4. The number of ether oxygens (including phenoxy) is 1. The summed E-state index contributed by atoms with van der Waals surface area (Å²) >= 11 is 6.03. The van der Waals surface area contributed by atoms with Crippen LogP contribution in [-0.4, -0.2) is 38.3 Å². The van der Waals surface area contributed by atoms with Crippen molar-refractivity contribution in [2.45, 2.75) is 25.7 Å². The van der Waals surface area contributed by atoms with Gasteiger partial charge < -0.3 is 10.1 Å². The molecule has 1 amide bonds. The third kappa shape index (κ3) is 5.45. The van der Waals surface area contributed by atoms with E-state index in [4.69, 9.17) is 16.3 Å². The van der Waals surface area contributed by atoms with E-state index in [1.807, 2.05) is 13.0 Å². The van der Waals surface area contributed by atoms with E-state index in [9.17, 15) is 13.2 Å². The number of carbonyl (C=O) groups is 1. The fourth-order valence-electron chi connectivity index (χ4n) is 2.48. The van der Waals surface area contributed by atoms with Gasteiger partial charge in [0.2, 0.25) is 10.0 Å². The van der Waals surface area contributed by atoms with E-state index >= 15 is 0 Å². The summed E-state index contributed by atoms with van der Waals surface area (Å²) in [6.07, 6.45) is 0. The number of amides is 1. The van der Waals surface area contributed by atoms with E-state index in [0.29, 0.717) is 29.5 Å². The molecule has 1 N–H and O–H groups in total. The Balaban J connectivity index is 2.00. The molecule has 0 spiro atoms. The summed E-state index contributed by atoms with van der Waals surface area (Å²) in [4.78, 5) is 12.2. The fraction of sp³-hybridized carbons (Fsp3) is 0.316. The molecular weight excluding hydrogens is 388 g/mol. The summed E-state index contributed by atoms with van der Waals surface area (Å²) < 4.78 is 31.7. The van der Waals surface area contributed by atoms with E-state index in [-0.39, 0.29) is 17.4 Å². The SMILES string of the molecule is CCN(CC)S(=O)(=O)c1ccc(NC(=O)COc2cc(C)ccc2Cl)cc1. The Morgan fingerprint density at radius 3 is 2.33 bits per heavy atom. The number of rotatable bonds is 8. The van der Waals surface area contributed by atoms with Crippen molar-refractivity contribution in [3.63, 3.8) is 0 Å². The average molecular weight is 411 g/mol. The number of carbonyl (C=O) groups excluding carboxylic acids is 1. The van der Waals surface area contributed by atoms with E-state index in [1.165, 1.54) is 16.4 Å². The molecule has 8 heteroatoms. The molecule has 27 heavy (non-hydrogen) atoms. The van der Waals surface area contributed by atoms with Crippen molar-refractivity contribution in [3.8, 4) is 5.75 Å². The first-order valence-corrected chi connectivity index (χ1v) is 10.4. The molecule has 0 saturated carbocycles. The molecule has 2 aromatic rings. The largest absolute Gasteiger partial charge is 0.482 e. The van der Waals surface area contributed by atoms with Gasteiger partial charge in [-0.15, -0.1) is 0 Å². The van der Waals surface area contributed by atoms with Crippen molar-refractivity contribution in [1.82, 2.24) is 4.31 Å². The van der Waals surface area contributed by atoms with Crippen LogP contribution in [0.15, 0.2) is 47.4 Å². The van der Waals surface area contributed by atoms with Gasteiger partial charge in [0, 0.05) is 18.8 Å². The molecule has 0 aliphatic rings. The lowest BCUT2D eigenvalue weighted by Gasteiger charge is -2.18. The maximum absolute atomic E-state index is 12.5. The normalized spacial score (nSPS) is 11.4. The predicted molar refractivity (Wildman–Crippen MR) is 107 cm³/mol. The van der Waals surface area contributed by atoms with Gasteiger partial charge in [0.1, 0.15) is 5.75 Å². The van der Waals surface area contributed by atoms with Crippen LogP contribution in [-0.2, 0) is 14.8 Å². The van der Waals surface area contributed by atoms with Crippen LogP contribution in [0.1, 0.15) is 19.4 Å². The Bertz CT molecular complexity index is 894. The monoisotopic (exact) mass is 410 g/mol. The minimum Gasteiger partial charge on any atom is -0.482 e. The van der Waals surface area contributed by atoms with Gasteiger partial charge in [-0.1, -0.05) is 31.5 Å². The molecule has 0 saturated heterocycles. The van der Waals surface area contributed by atoms with Crippen LogP contribution in [0.3, 0.4) is 0 Å². The highest BCUT2D eigenvalue weighted by molar-refractivity contribution is 7.89. The molecular formula is C19H23ClN2O4S. The number of aryl methyl sites for hydroxylation is 1. The number of anilines is 1. The van der Waals surface area contributed by atoms with Crippen LogP contribution in [0.5, 0.6) is 5.75 Å². The number of nitrogens with one attached hydrogen (secondary N) is 1. The van der Waals surface area contributed by atoms with Crippen molar-refractivity contribution in [3.05, 3.63) is 53.1 Å². The molecule has 2 aromatic carbocycles. The molecule has 0 unspecified atom stereocenters. The average Bonchev–Trinajstić information content (AvgIpc) is 2.63. The van der Waals surface area contributed by atoms with Crippen molar-refractivity contribution < 1.29 is 17.9 Å². The van der Waals surface area contributed by atoms with Gasteiger partial charge in [0.25, 0.3) is 5.91 Å². The van der Waals surface area contributed by atoms with Crippen LogP contribution >= 0.6 is 11.6 Å². The van der Waals surface area contributed by atoms with E-state index in [2.05, 4.69) is 5.32 Å². The van der Waals surface area contributed by atoms with Crippen molar-refractivity contribution in [2.75, 3.05) is 25.0 Å². The van der Waals surface area contributed by atoms with Crippen LogP contribution in [0.2, 0.25) is 5.02 Å². The number of sulfonamides is 1. The first-order chi connectivity index (χ1) is 12.8. The summed E-state index contributed by atoms with van der Waals surface area (Å²) in [7, 11) is -3.52. The lowest BCUT2D eigenvalue weighted by Crippen LogP contribution is -2.30. The molecule has 0 fully saturated rings. The molecule has 0 aromatic heterocycles. The molecule has 0 radical (unpaired) electrons. The Morgan fingerprint density at radius 2 is 1.74 bits per heavy atom. The second-order valence-corrected chi connectivity index (χ2v) is 8.23. The van der Waals surface area contributed by atoms with Gasteiger partial charge >= 0.3 is 0 Å². The molecule has 0 aliphatic heterocycles. The zero-order valence-electron chi connectivity index (χ0n) is 15.5. The highest BCUT2D eigenvalue weighted by Crippen LogP contribution is 2.25. The molecule has 146 valence electrons. The van der Waals surface area contributed by atoms with Gasteiger partial charge in [-0.25, -0.2) is 8.42 Å². The zero-order chi connectivity index (χ0) is 20.0. The highest BCUT2D eigenvalue weighted by atomic mass is 35.5. The van der Waals surface area contributed by atoms with Gasteiger partial charge in [-0.2, -0.15) is 4.31 Å². The molecule has 0 bridgehead atoms. The van der Waals surface area contributed by atoms with Gasteiger partial charge in [0.05, 0.1) is 9.92 Å². The van der Waals surface area contributed by atoms with Crippen LogP contribution in [0.25, 0.3) is 0 Å². The minimum atomic E-state index is -3.52. The third-order valence-corrected chi connectivity index (χ3v) is 6.30. The molecule has 2 rings (SSSR count). The van der Waals surface area contributed by atoms with Crippen LogP contribution < -0.4 is 10.1 Å². The summed E-state index contributed by atoms with van der Waals surface area (Å²) in [6.45, 7) is 6.07. The summed E-state index contributed by atoms with van der Waals surface area (Å²) in [5.74, 6) is 0.0689. The first-order valence-electron chi connectivity index (χ1n) is 8.57. The topological polar surface area (TPSA) is 75.7 Å². The maximum atomic E-state index is 12.5. The van der Waals surface area contributed by atoms with Gasteiger partial charge in [0.15, 0.2) is 6.61 Å². The molecule has 0 heterocycles. The number of nitrogens with zero attached hydrogens (tertiary/aromatic N) is 1.